The number of pyridine rings is 1. The van der Waals surface area contributed by atoms with E-state index < -0.39 is 11.1 Å². The number of benzene rings is 2. The summed E-state index contributed by atoms with van der Waals surface area (Å²) in [5, 5.41) is 15.8. The summed E-state index contributed by atoms with van der Waals surface area (Å²) in [5.74, 6) is 2.24. The first-order valence-electron chi connectivity index (χ1n) is 12.6. The van der Waals surface area contributed by atoms with Crippen LogP contribution in [0.15, 0.2) is 60.8 Å². The van der Waals surface area contributed by atoms with E-state index in [1.807, 2.05) is 32.9 Å². The SMILES string of the molecule is Cc1ccc2c(c1)-c1nnc(-c3ccc(C4(NC(=O)OC(C)(C)C)CCC4)cc3)n1-c1cccnc1N2. The van der Waals surface area contributed by atoms with Gasteiger partial charge in [0.15, 0.2) is 17.5 Å². The van der Waals surface area contributed by atoms with E-state index in [1.165, 1.54) is 0 Å². The molecule has 8 heteroatoms. The average Bonchev–Trinajstić information content (AvgIpc) is 3.21. The highest BCUT2D eigenvalue weighted by molar-refractivity contribution is 5.85. The van der Waals surface area contributed by atoms with Crippen molar-refractivity contribution in [1.29, 1.82) is 0 Å². The fourth-order valence-corrected chi connectivity index (χ4v) is 5.08. The predicted molar refractivity (Wildman–Crippen MR) is 143 cm³/mol. The first kappa shape index (κ1) is 23.2. The summed E-state index contributed by atoms with van der Waals surface area (Å²) in [6, 6.07) is 18.4. The normalized spacial score (nSPS) is 15.2. The second kappa shape index (κ2) is 8.44. The van der Waals surface area contributed by atoms with E-state index in [-0.39, 0.29) is 6.09 Å². The van der Waals surface area contributed by atoms with E-state index in [2.05, 4.69) is 79.8 Å². The molecule has 1 saturated carbocycles. The Morgan fingerprint density at radius 1 is 1.05 bits per heavy atom. The number of nitrogens with zero attached hydrogens (tertiary/aromatic N) is 4. The molecule has 4 aromatic rings. The standard InChI is InChI=1S/C29H30N6O2/c1-18-8-13-22-21(17-18)26-34-33-25(35(26)23-7-5-16-30-24(23)31-22)19-9-11-20(12-10-19)29(14-6-15-29)32-27(36)37-28(2,3)4/h5,7-13,16-17H,6,14-15H2,1-4H3,(H,30,31)(H,32,36). The van der Waals surface area contributed by atoms with Gasteiger partial charge in [-0.3, -0.25) is 4.57 Å². The summed E-state index contributed by atoms with van der Waals surface area (Å²) in [7, 11) is 0. The van der Waals surface area contributed by atoms with Gasteiger partial charge >= 0.3 is 6.09 Å². The van der Waals surface area contributed by atoms with Crippen molar-refractivity contribution in [2.75, 3.05) is 5.32 Å². The lowest BCUT2D eigenvalue weighted by molar-refractivity contribution is 0.0377. The van der Waals surface area contributed by atoms with Crippen LogP contribution >= 0.6 is 0 Å². The Balaban J connectivity index is 1.39. The summed E-state index contributed by atoms with van der Waals surface area (Å²) in [5.41, 5.74) is 5.00. The molecule has 1 amide bonds. The molecular formula is C29H30N6O2. The summed E-state index contributed by atoms with van der Waals surface area (Å²) in [6.45, 7) is 7.69. The highest BCUT2D eigenvalue weighted by Gasteiger charge is 2.41. The molecule has 0 radical (unpaired) electrons. The topological polar surface area (TPSA) is 94.0 Å². The number of carbonyl (C=O) groups is 1. The third-order valence-electron chi connectivity index (χ3n) is 7.00. The first-order valence-corrected chi connectivity index (χ1v) is 12.6. The van der Waals surface area contributed by atoms with Crippen molar-refractivity contribution in [2.45, 2.75) is 58.1 Å². The Labute approximate surface area is 216 Å². The molecule has 188 valence electrons. The Morgan fingerprint density at radius 2 is 1.81 bits per heavy atom. The number of amides is 1. The van der Waals surface area contributed by atoms with Crippen LogP contribution in [0, 0.1) is 6.92 Å². The van der Waals surface area contributed by atoms with Gasteiger partial charge in [-0.2, -0.15) is 0 Å². The predicted octanol–water partition coefficient (Wildman–Crippen LogP) is 6.27. The molecule has 2 N–H and O–H groups in total. The Bertz CT molecular complexity index is 1500. The minimum atomic E-state index is -0.540. The van der Waals surface area contributed by atoms with Gasteiger partial charge in [0.2, 0.25) is 0 Å². The molecule has 8 nitrogen and oxygen atoms in total. The van der Waals surface area contributed by atoms with E-state index in [0.717, 1.165) is 70.4 Å². The number of hydrogen-bond donors (Lipinski definition) is 2. The number of ether oxygens (including phenoxy) is 1. The maximum Gasteiger partial charge on any atom is 0.408 e. The lowest BCUT2D eigenvalue weighted by Crippen LogP contribution is -2.52. The van der Waals surface area contributed by atoms with Crippen LogP contribution in [0.5, 0.6) is 0 Å². The number of nitrogens with one attached hydrogen (secondary N) is 2. The number of rotatable bonds is 3. The van der Waals surface area contributed by atoms with Crippen LogP contribution in [0.4, 0.5) is 16.3 Å². The van der Waals surface area contributed by atoms with Gasteiger partial charge in [-0.25, -0.2) is 9.78 Å². The highest BCUT2D eigenvalue weighted by atomic mass is 16.6. The zero-order chi connectivity index (χ0) is 25.8. The van der Waals surface area contributed by atoms with E-state index in [1.54, 1.807) is 6.20 Å². The van der Waals surface area contributed by atoms with Crippen LogP contribution in [-0.2, 0) is 10.3 Å². The van der Waals surface area contributed by atoms with E-state index >= 15 is 0 Å². The van der Waals surface area contributed by atoms with Crippen molar-refractivity contribution in [3.8, 4) is 28.5 Å². The molecule has 0 atom stereocenters. The molecule has 2 aliphatic rings. The number of carbonyl (C=O) groups excluding carboxylic acids is 1. The maximum absolute atomic E-state index is 12.6. The highest BCUT2D eigenvalue weighted by Crippen LogP contribution is 2.43. The fraction of sp³-hybridized carbons (Fsp3) is 0.310. The van der Waals surface area contributed by atoms with Crippen molar-refractivity contribution in [3.63, 3.8) is 0 Å². The molecule has 0 spiro atoms. The summed E-state index contributed by atoms with van der Waals surface area (Å²) in [4.78, 5) is 17.2. The van der Waals surface area contributed by atoms with Gasteiger partial charge in [0.25, 0.3) is 0 Å². The second-order valence-electron chi connectivity index (χ2n) is 10.9. The van der Waals surface area contributed by atoms with Crippen molar-refractivity contribution in [1.82, 2.24) is 25.1 Å². The van der Waals surface area contributed by atoms with Crippen LogP contribution in [0.25, 0.3) is 28.5 Å². The number of aromatic nitrogens is 4. The Hall–Kier alpha value is -4.20. The second-order valence-corrected chi connectivity index (χ2v) is 10.9. The van der Waals surface area contributed by atoms with Crippen LogP contribution < -0.4 is 10.6 Å². The number of anilines is 2. The van der Waals surface area contributed by atoms with Crippen molar-refractivity contribution in [2.24, 2.45) is 0 Å². The van der Waals surface area contributed by atoms with Crippen LogP contribution in [-0.4, -0.2) is 31.4 Å². The van der Waals surface area contributed by atoms with Crippen LogP contribution in [0.2, 0.25) is 0 Å². The summed E-state index contributed by atoms with van der Waals surface area (Å²) in [6.07, 6.45) is 4.22. The van der Waals surface area contributed by atoms with Crippen LogP contribution in [0.1, 0.15) is 51.2 Å². The van der Waals surface area contributed by atoms with Crippen molar-refractivity contribution >= 4 is 17.6 Å². The molecular weight excluding hydrogens is 464 g/mol. The molecule has 3 heterocycles. The molecule has 1 aliphatic heterocycles. The summed E-state index contributed by atoms with van der Waals surface area (Å²) < 4.78 is 7.60. The number of hydrogen-bond acceptors (Lipinski definition) is 6. The number of fused-ring (bicyclic) bond motifs is 5. The first-order chi connectivity index (χ1) is 17.7. The Morgan fingerprint density at radius 3 is 2.51 bits per heavy atom. The van der Waals surface area contributed by atoms with Crippen molar-refractivity contribution in [3.05, 3.63) is 71.9 Å². The van der Waals surface area contributed by atoms with Crippen LogP contribution in [0.3, 0.4) is 0 Å². The number of alkyl carbamates (subject to hydrolysis) is 1. The minimum absolute atomic E-state index is 0.385. The maximum atomic E-state index is 12.6. The minimum Gasteiger partial charge on any atom is -0.444 e. The summed E-state index contributed by atoms with van der Waals surface area (Å²) >= 11 is 0. The lowest BCUT2D eigenvalue weighted by Gasteiger charge is -2.43. The van der Waals surface area contributed by atoms with Crippen molar-refractivity contribution < 1.29 is 9.53 Å². The third-order valence-corrected chi connectivity index (χ3v) is 7.00. The molecule has 2 aromatic heterocycles. The monoisotopic (exact) mass is 494 g/mol. The zero-order valence-corrected chi connectivity index (χ0v) is 21.5. The number of aryl methyl sites for hydroxylation is 1. The van der Waals surface area contributed by atoms with E-state index in [9.17, 15) is 4.79 Å². The van der Waals surface area contributed by atoms with E-state index in [0.29, 0.717) is 0 Å². The largest absolute Gasteiger partial charge is 0.444 e. The Kier molecular flexibility index (Phi) is 5.29. The van der Waals surface area contributed by atoms with E-state index in [4.69, 9.17) is 4.74 Å². The van der Waals surface area contributed by atoms with Gasteiger partial charge < -0.3 is 15.4 Å². The lowest BCUT2D eigenvalue weighted by atomic mass is 9.72. The molecule has 1 fully saturated rings. The molecule has 1 aliphatic carbocycles. The van der Waals surface area contributed by atoms with Gasteiger partial charge in [0, 0.05) is 17.3 Å². The molecule has 0 bridgehead atoms. The molecule has 6 rings (SSSR count). The zero-order valence-electron chi connectivity index (χ0n) is 21.5. The average molecular weight is 495 g/mol. The van der Waals surface area contributed by atoms with Gasteiger partial charge in [0.05, 0.1) is 16.9 Å². The third kappa shape index (κ3) is 4.12. The van der Waals surface area contributed by atoms with Gasteiger partial charge in [-0.05, 0) is 76.8 Å². The van der Waals surface area contributed by atoms with Gasteiger partial charge in [-0.15, -0.1) is 10.2 Å². The van der Waals surface area contributed by atoms with Gasteiger partial charge in [-0.1, -0.05) is 35.9 Å². The molecule has 37 heavy (non-hydrogen) atoms. The fourth-order valence-electron chi connectivity index (χ4n) is 5.08. The quantitative estimate of drug-likeness (QED) is 0.307. The van der Waals surface area contributed by atoms with Gasteiger partial charge in [0.1, 0.15) is 5.60 Å². The molecule has 2 aromatic carbocycles. The molecule has 0 unspecified atom stereocenters. The smallest absolute Gasteiger partial charge is 0.408 e. The molecule has 0 saturated heterocycles.